The Bertz CT molecular complexity index is 1210. The van der Waals surface area contributed by atoms with Crippen LogP contribution >= 0.6 is 11.6 Å². The lowest BCUT2D eigenvalue weighted by Gasteiger charge is -2.16. The summed E-state index contributed by atoms with van der Waals surface area (Å²) in [6, 6.07) is 19.8. The van der Waals surface area contributed by atoms with E-state index in [9.17, 15) is 14.0 Å². The highest BCUT2D eigenvalue weighted by Crippen LogP contribution is 2.33. The molecule has 5 nitrogen and oxygen atoms in total. The van der Waals surface area contributed by atoms with E-state index in [1.165, 1.54) is 6.07 Å². The van der Waals surface area contributed by atoms with E-state index in [0.29, 0.717) is 28.6 Å². The lowest BCUT2D eigenvalue weighted by molar-refractivity contribution is -0.137. The molecule has 0 atom stereocenters. The number of halogens is 2. The number of anilines is 1. The van der Waals surface area contributed by atoms with Crippen molar-refractivity contribution in [1.29, 1.82) is 0 Å². The number of benzene rings is 3. The Labute approximate surface area is 190 Å². The van der Waals surface area contributed by atoms with E-state index in [0.717, 1.165) is 4.90 Å². The molecule has 162 valence electrons. The van der Waals surface area contributed by atoms with Crippen molar-refractivity contribution >= 4 is 34.7 Å². The summed E-state index contributed by atoms with van der Waals surface area (Å²) in [6.07, 6.45) is 0. The maximum atomic E-state index is 14.2. The molecule has 4 rings (SSSR count). The van der Waals surface area contributed by atoms with Gasteiger partial charge in [0.25, 0.3) is 11.8 Å². The Kier molecular flexibility index (Phi) is 6.23. The van der Waals surface area contributed by atoms with Gasteiger partial charge in [-0.2, -0.15) is 0 Å². The highest BCUT2D eigenvalue weighted by Gasteiger charge is 2.39. The van der Waals surface area contributed by atoms with Crippen LogP contribution in [0.25, 0.3) is 5.57 Å². The van der Waals surface area contributed by atoms with Gasteiger partial charge in [-0.15, -0.1) is 0 Å². The van der Waals surface area contributed by atoms with E-state index in [1.807, 2.05) is 6.92 Å². The average molecular weight is 451 g/mol. The van der Waals surface area contributed by atoms with Crippen molar-refractivity contribution in [1.82, 2.24) is 4.90 Å². The minimum Gasteiger partial charge on any atom is -0.494 e. The van der Waals surface area contributed by atoms with E-state index in [2.05, 4.69) is 5.32 Å². The molecule has 3 aromatic carbocycles. The first-order valence-corrected chi connectivity index (χ1v) is 10.5. The van der Waals surface area contributed by atoms with Crippen LogP contribution in [0.4, 0.5) is 10.1 Å². The predicted molar refractivity (Wildman–Crippen MR) is 122 cm³/mol. The molecule has 0 unspecified atom stereocenters. The third-order valence-electron chi connectivity index (χ3n) is 5.00. The zero-order chi connectivity index (χ0) is 22.7. The van der Waals surface area contributed by atoms with Gasteiger partial charge in [0.2, 0.25) is 0 Å². The molecular weight excluding hydrogens is 431 g/mol. The molecule has 7 heteroatoms. The maximum absolute atomic E-state index is 14.2. The van der Waals surface area contributed by atoms with Gasteiger partial charge in [0, 0.05) is 22.3 Å². The molecule has 0 fully saturated rings. The molecule has 0 saturated carbocycles. The van der Waals surface area contributed by atoms with Crippen LogP contribution in [0.5, 0.6) is 5.75 Å². The molecule has 0 saturated heterocycles. The summed E-state index contributed by atoms with van der Waals surface area (Å²) in [4.78, 5) is 27.7. The zero-order valence-electron chi connectivity index (χ0n) is 17.3. The predicted octanol–water partition coefficient (Wildman–Crippen LogP) is 5.27. The molecule has 1 heterocycles. The minimum absolute atomic E-state index is 0.113. The van der Waals surface area contributed by atoms with E-state index in [-0.39, 0.29) is 23.4 Å². The second kappa shape index (κ2) is 9.24. The maximum Gasteiger partial charge on any atom is 0.278 e. The highest BCUT2D eigenvalue weighted by atomic mass is 35.5. The number of ether oxygens (including phenoxy) is 1. The molecule has 0 aliphatic carbocycles. The van der Waals surface area contributed by atoms with E-state index < -0.39 is 17.6 Å². The largest absolute Gasteiger partial charge is 0.494 e. The van der Waals surface area contributed by atoms with E-state index in [1.54, 1.807) is 66.7 Å². The van der Waals surface area contributed by atoms with Crippen LogP contribution in [0.3, 0.4) is 0 Å². The fraction of sp³-hybridized carbons (Fsp3) is 0.120. The smallest absolute Gasteiger partial charge is 0.278 e. The van der Waals surface area contributed by atoms with Crippen molar-refractivity contribution in [3.63, 3.8) is 0 Å². The Balaban J connectivity index is 1.73. The summed E-state index contributed by atoms with van der Waals surface area (Å²) in [5.41, 5.74) is 1.69. The van der Waals surface area contributed by atoms with Gasteiger partial charge in [0.05, 0.1) is 18.7 Å². The third kappa shape index (κ3) is 4.36. The molecule has 1 aliphatic heterocycles. The molecule has 0 radical (unpaired) electrons. The van der Waals surface area contributed by atoms with Crippen LogP contribution in [0.1, 0.15) is 18.1 Å². The molecule has 32 heavy (non-hydrogen) atoms. The molecule has 0 bridgehead atoms. The van der Waals surface area contributed by atoms with Crippen molar-refractivity contribution < 1.29 is 18.7 Å². The van der Waals surface area contributed by atoms with Crippen molar-refractivity contribution in [2.24, 2.45) is 0 Å². The Morgan fingerprint density at radius 3 is 2.44 bits per heavy atom. The SMILES string of the molecule is CCOc1cccc(NC2=C(c3ccc(Cl)cc3)C(=O)N(Cc3ccccc3F)C2=O)c1. The molecule has 3 aromatic rings. The number of rotatable bonds is 7. The van der Waals surface area contributed by atoms with Gasteiger partial charge in [-0.3, -0.25) is 14.5 Å². The molecule has 0 aromatic heterocycles. The number of hydrogen-bond donors (Lipinski definition) is 1. The fourth-order valence-electron chi connectivity index (χ4n) is 3.49. The van der Waals surface area contributed by atoms with Gasteiger partial charge in [-0.05, 0) is 42.8 Å². The van der Waals surface area contributed by atoms with Crippen LogP contribution in [0.2, 0.25) is 5.02 Å². The number of imide groups is 1. The molecule has 0 spiro atoms. The second-order valence-corrected chi connectivity index (χ2v) is 7.57. The first-order valence-electron chi connectivity index (χ1n) is 10.1. The Hall–Kier alpha value is -3.64. The van der Waals surface area contributed by atoms with Crippen LogP contribution in [-0.4, -0.2) is 23.3 Å². The Morgan fingerprint density at radius 1 is 0.969 bits per heavy atom. The summed E-state index contributed by atoms with van der Waals surface area (Å²) >= 11 is 6.00. The number of nitrogens with one attached hydrogen (secondary N) is 1. The van der Waals surface area contributed by atoms with Gasteiger partial charge in [-0.25, -0.2) is 4.39 Å². The van der Waals surface area contributed by atoms with Crippen molar-refractivity contribution in [2.75, 3.05) is 11.9 Å². The van der Waals surface area contributed by atoms with Gasteiger partial charge in [0.15, 0.2) is 0 Å². The quantitative estimate of drug-likeness (QED) is 0.498. The van der Waals surface area contributed by atoms with Gasteiger partial charge in [0.1, 0.15) is 17.3 Å². The van der Waals surface area contributed by atoms with Crippen LogP contribution in [0.15, 0.2) is 78.5 Å². The highest BCUT2D eigenvalue weighted by molar-refractivity contribution is 6.36. The van der Waals surface area contributed by atoms with E-state index >= 15 is 0 Å². The molecule has 1 N–H and O–H groups in total. The van der Waals surface area contributed by atoms with Crippen LogP contribution in [-0.2, 0) is 16.1 Å². The standard InChI is InChI=1S/C25H20ClFN2O3/c1-2-32-20-8-5-7-19(14-20)28-23-22(16-10-12-18(26)13-11-16)24(30)29(25(23)31)15-17-6-3-4-9-21(17)27/h3-14,28H,2,15H2,1H3. The monoisotopic (exact) mass is 450 g/mol. The summed E-state index contributed by atoms with van der Waals surface area (Å²) in [6.45, 7) is 2.20. The van der Waals surface area contributed by atoms with Crippen molar-refractivity contribution in [3.05, 3.63) is 100 Å². The lowest BCUT2D eigenvalue weighted by atomic mass is 10.0. The number of amides is 2. The summed E-state index contributed by atoms with van der Waals surface area (Å²) in [7, 11) is 0. The normalized spacial score (nSPS) is 13.7. The fourth-order valence-corrected chi connectivity index (χ4v) is 3.62. The first-order chi connectivity index (χ1) is 15.5. The van der Waals surface area contributed by atoms with Gasteiger partial charge < -0.3 is 10.1 Å². The molecular formula is C25H20ClFN2O3. The average Bonchev–Trinajstić information content (AvgIpc) is 3.01. The second-order valence-electron chi connectivity index (χ2n) is 7.13. The topological polar surface area (TPSA) is 58.6 Å². The third-order valence-corrected chi connectivity index (χ3v) is 5.25. The number of carbonyl (C=O) groups is 2. The number of nitrogens with zero attached hydrogens (tertiary/aromatic N) is 1. The van der Waals surface area contributed by atoms with Crippen molar-refractivity contribution in [2.45, 2.75) is 13.5 Å². The first kappa shape index (κ1) is 21.6. The summed E-state index contributed by atoms with van der Waals surface area (Å²) < 4.78 is 19.7. The Morgan fingerprint density at radius 2 is 1.72 bits per heavy atom. The zero-order valence-corrected chi connectivity index (χ0v) is 18.0. The summed E-state index contributed by atoms with van der Waals surface area (Å²) in [5.74, 6) is -0.896. The van der Waals surface area contributed by atoms with Crippen LogP contribution < -0.4 is 10.1 Å². The van der Waals surface area contributed by atoms with E-state index in [4.69, 9.17) is 16.3 Å². The van der Waals surface area contributed by atoms with Crippen LogP contribution in [0, 0.1) is 5.82 Å². The number of hydrogen-bond acceptors (Lipinski definition) is 4. The van der Waals surface area contributed by atoms with Gasteiger partial charge >= 0.3 is 0 Å². The van der Waals surface area contributed by atoms with Gasteiger partial charge in [-0.1, -0.05) is 48.0 Å². The van der Waals surface area contributed by atoms with Crippen molar-refractivity contribution in [3.8, 4) is 5.75 Å². The minimum atomic E-state index is -0.537. The lowest BCUT2D eigenvalue weighted by Crippen LogP contribution is -2.32. The molecule has 2 amide bonds. The molecule has 1 aliphatic rings. The number of carbonyl (C=O) groups excluding carboxylic acids is 2. The summed E-state index contributed by atoms with van der Waals surface area (Å²) in [5, 5.41) is 3.58.